The average molecular weight is 253 g/mol. The van der Waals surface area contributed by atoms with Gasteiger partial charge in [-0.1, -0.05) is 6.92 Å². The standard InChI is InChI=1S/C14H23NOS/c1-11-9-16-7-5-13(11)14(15-2)4-3-12-6-8-17-10-12/h6,8,10-11,13-15H,3-5,7,9H2,1-2H3. The van der Waals surface area contributed by atoms with E-state index in [1.165, 1.54) is 24.8 Å². The Hall–Kier alpha value is -0.380. The van der Waals surface area contributed by atoms with Gasteiger partial charge >= 0.3 is 0 Å². The second kappa shape index (κ2) is 6.53. The fraction of sp³-hybridized carbons (Fsp3) is 0.714. The maximum absolute atomic E-state index is 5.53. The van der Waals surface area contributed by atoms with Crippen LogP contribution in [0.25, 0.3) is 0 Å². The van der Waals surface area contributed by atoms with Crippen molar-refractivity contribution in [3.63, 3.8) is 0 Å². The molecule has 1 N–H and O–H groups in total. The highest BCUT2D eigenvalue weighted by atomic mass is 32.1. The Labute approximate surface area is 108 Å². The molecule has 0 aromatic carbocycles. The van der Waals surface area contributed by atoms with E-state index in [1.54, 1.807) is 11.3 Å². The van der Waals surface area contributed by atoms with E-state index in [9.17, 15) is 0 Å². The predicted molar refractivity (Wildman–Crippen MR) is 73.6 cm³/mol. The third-order valence-corrected chi connectivity index (χ3v) is 4.65. The number of rotatable bonds is 5. The second-order valence-electron chi connectivity index (χ2n) is 5.07. The monoisotopic (exact) mass is 253 g/mol. The van der Waals surface area contributed by atoms with Crippen molar-refractivity contribution in [1.82, 2.24) is 5.32 Å². The minimum absolute atomic E-state index is 0.633. The molecule has 1 aromatic heterocycles. The van der Waals surface area contributed by atoms with Gasteiger partial charge in [-0.3, -0.25) is 0 Å². The molecule has 0 radical (unpaired) electrons. The van der Waals surface area contributed by atoms with Crippen LogP contribution in [-0.2, 0) is 11.2 Å². The van der Waals surface area contributed by atoms with Crippen molar-refractivity contribution in [2.24, 2.45) is 11.8 Å². The maximum Gasteiger partial charge on any atom is 0.0494 e. The van der Waals surface area contributed by atoms with Crippen molar-refractivity contribution in [3.05, 3.63) is 22.4 Å². The Morgan fingerprint density at radius 3 is 3.12 bits per heavy atom. The largest absolute Gasteiger partial charge is 0.381 e. The number of aryl methyl sites for hydroxylation is 1. The molecular formula is C14H23NOS. The summed E-state index contributed by atoms with van der Waals surface area (Å²) in [7, 11) is 2.10. The topological polar surface area (TPSA) is 21.3 Å². The van der Waals surface area contributed by atoms with E-state index in [0.29, 0.717) is 12.0 Å². The van der Waals surface area contributed by atoms with Crippen LogP contribution in [0, 0.1) is 11.8 Å². The smallest absolute Gasteiger partial charge is 0.0494 e. The molecule has 3 heteroatoms. The zero-order valence-corrected chi connectivity index (χ0v) is 11.6. The Morgan fingerprint density at radius 1 is 1.59 bits per heavy atom. The Morgan fingerprint density at radius 2 is 2.47 bits per heavy atom. The van der Waals surface area contributed by atoms with E-state index in [0.717, 1.165) is 19.1 Å². The molecule has 1 aliphatic heterocycles. The van der Waals surface area contributed by atoms with E-state index in [1.807, 2.05) is 0 Å². The molecule has 2 heterocycles. The molecule has 0 spiro atoms. The zero-order chi connectivity index (χ0) is 12.1. The van der Waals surface area contributed by atoms with Gasteiger partial charge in [0.15, 0.2) is 0 Å². The average Bonchev–Trinajstić information content (AvgIpc) is 2.85. The third-order valence-electron chi connectivity index (χ3n) is 3.92. The Kier molecular flexibility index (Phi) is 5.01. The SMILES string of the molecule is CNC(CCc1ccsc1)C1CCOCC1C. The number of hydrogen-bond acceptors (Lipinski definition) is 3. The van der Waals surface area contributed by atoms with Crippen molar-refractivity contribution < 1.29 is 4.74 Å². The predicted octanol–water partition coefficient (Wildman–Crippen LogP) is 2.94. The summed E-state index contributed by atoms with van der Waals surface area (Å²) in [5, 5.41) is 7.94. The number of thiophene rings is 1. The van der Waals surface area contributed by atoms with Crippen LogP contribution in [0.5, 0.6) is 0 Å². The fourth-order valence-electron chi connectivity index (χ4n) is 2.82. The molecule has 2 rings (SSSR count). The normalized spacial score (nSPS) is 26.9. The zero-order valence-electron chi connectivity index (χ0n) is 10.8. The minimum atomic E-state index is 0.633. The van der Waals surface area contributed by atoms with Crippen LogP contribution >= 0.6 is 11.3 Å². The number of hydrogen-bond donors (Lipinski definition) is 1. The first kappa shape index (κ1) is 13.1. The molecule has 0 amide bonds. The van der Waals surface area contributed by atoms with E-state index in [4.69, 9.17) is 4.74 Å². The lowest BCUT2D eigenvalue weighted by Crippen LogP contribution is -2.41. The first-order chi connectivity index (χ1) is 8.31. The summed E-state index contributed by atoms with van der Waals surface area (Å²) in [6, 6.07) is 2.87. The van der Waals surface area contributed by atoms with Gasteiger partial charge in [-0.2, -0.15) is 11.3 Å². The van der Waals surface area contributed by atoms with E-state index in [-0.39, 0.29) is 0 Å². The molecule has 1 saturated heterocycles. The molecule has 3 atom stereocenters. The summed E-state index contributed by atoms with van der Waals surface area (Å²) >= 11 is 1.79. The molecule has 17 heavy (non-hydrogen) atoms. The molecule has 2 nitrogen and oxygen atoms in total. The van der Waals surface area contributed by atoms with E-state index < -0.39 is 0 Å². The molecule has 3 unspecified atom stereocenters. The van der Waals surface area contributed by atoms with Crippen LogP contribution in [-0.4, -0.2) is 26.3 Å². The lowest BCUT2D eigenvalue weighted by atomic mass is 9.81. The van der Waals surface area contributed by atoms with Gasteiger partial charge in [-0.05, 0) is 60.5 Å². The van der Waals surface area contributed by atoms with Crippen LogP contribution in [0.15, 0.2) is 16.8 Å². The highest BCUT2D eigenvalue weighted by Gasteiger charge is 2.28. The Balaban J connectivity index is 1.86. The lowest BCUT2D eigenvalue weighted by molar-refractivity contribution is 0.0108. The van der Waals surface area contributed by atoms with Crippen LogP contribution in [0.3, 0.4) is 0 Å². The van der Waals surface area contributed by atoms with Crippen molar-refractivity contribution in [2.75, 3.05) is 20.3 Å². The highest BCUT2D eigenvalue weighted by Crippen LogP contribution is 2.27. The summed E-state index contributed by atoms with van der Waals surface area (Å²) in [5.74, 6) is 1.45. The summed E-state index contributed by atoms with van der Waals surface area (Å²) < 4.78 is 5.53. The first-order valence-electron chi connectivity index (χ1n) is 6.57. The summed E-state index contributed by atoms with van der Waals surface area (Å²) in [5.41, 5.74) is 1.48. The maximum atomic E-state index is 5.53. The fourth-order valence-corrected chi connectivity index (χ4v) is 3.53. The molecule has 1 fully saturated rings. The van der Waals surface area contributed by atoms with Gasteiger partial charge in [0.2, 0.25) is 0 Å². The van der Waals surface area contributed by atoms with Gasteiger partial charge in [-0.15, -0.1) is 0 Å². The molecule has 0 bridgehead atoms. The molecule has 0 saturated carbocycles. The van der Waals surface area contributed by atoms with Gasteiger partial charge in [0.25, 0.3) is 0 Å². The first-order valence-corrected chi connectivity index (χ1v) is 7.51. The van der Waals surface area contributed by atoms with Crippen molar-refractivity contribution in [2.45, 2.75) is 32.2 Å². The highest BCUT2D eigenvalue weighted by molar-refractivity contribution is 7.07. The molecule has 96 valence electrons. The van der Waals surface area contributed by atoms with Gasteiger partial charge in [0, 0.05) is 19.3 Å². The van der Waals surface area contributed by atoms with Crippen molar-refractivity contribution >= 4 is 11.3 Å². The number of nitrogens with one attached hydrogen (secondary N) is 1. The third kappa shape index (κ3) is 3.54. The Bertz CT molecular complexity index is 312. The van der Waals surface area contributed by atoms with E-state index in [2.05, 4.69) is 36.1 Å². The lowest BCUT2D eigenvalue weighted by Gasteiger charge is -2.35. The molecule has 1 aromatic rings. The minimum Gasteiger partial charge on any atom is -0.381 e. The van der Waals surface area contributed by atoms with Gasteiger partial charge in [-0.25, -0.2) is 0 Å². The van der Waals surface area contributed by atoms with Crippen LogP contribution in [0.4, 0.5) is 0 Å². The number of ether oxygens (including phenoxy) is 1. The van der Waals surface area contributed by atoms with Crippen molar-refractivity contribution in [1.29, 1.82) is 0 Å². The van der Waals surface area contributed by atoms with Crippen molar-refractivity contribution in [3.8, 4) is 0 Å². The quantitative estimate of drug-likeness (QED) is 0.871. The van der Waals surface area contributed by atoms with E-state index >= 15 is 0 Å². The van der Waals surface area contributed by atoms with Crippen LogP contribution in [0.1, 0.15) is 25.3 Å². The van der Waals surface area contributed by atoms with Gasteiger partial charge < -0.3 is 10.1 Å². The summed E-state index contributed by atoms with van der Waals surface area (Å²) in [6.45, 7) is 4.19. The summed E-state index contributed by atoms with van der Waals surface area (Å²) in [6.07, 6.45) is 3.64. The van der Waals surface area contributed by atoms with Gasteiger partial charge in [0.05, 0.1) is 0 Å². The second-order valence-corrected chi connectivity index (χ2v) is 5.85. The molecule has 1 aliphatic rings. The van der Waals surface area contributed by atoms with Crippen LogP contribution < -0.4 is 5.32 Å². The summed E-state index contributed by atoms with van der Waals surface area (Å²) in [4.78, 5) is 0. The molecular weight excluding hydrogens is 230 g/mol. The molecule has 0 aliphatic carbocycles. The van der Waals surface area contributed by atoms with Gasteiger partial charge in [0.1, 0.15) is 0 Å². The van der Waals surface area contributed by atoms with Crippen LogP contribution in [0.2, 0.25) is 0 Å².